The molecular formula is C23H33FN6O2. The minimum Gasteiger partial charge on any atom is -0.472 e. The summed E-state index contributed by atoms with van der Waals surface area (Å²) in [5.41, 5.74) is 0.227. The Morgan fingerprint density at radius 3 is 2.81 bits per heavy atom. The molecule has 1 amide bonds. The van der Waals surface area contributed by atoms with Crippen LogP contribution in [0.25, 0.3) is 5.65 Å². The van der Waals surface area contributed by atoms with Gasteiger partial charge in [-0.2, -0.15) is 14.6 Å². The Labute approximate surface area is 187 Å². The highest BCUT2D eigenvalue weighted by Gasteiger charge is 2.53. The topological polar surface area (TPSA) is 83.8 Å². The summed E-state index contributed by atoms with van der Waals surface area (Å²) in [4.78, 5) is 18.9. The van der Waals surface area contributed by atoms with E-state index in [1.165, 1.54) is 0 Å². The second-order valence-electron chi connectivity index (χ2n) is 9.74. The maximum Gasteiger partial charge on any atom is 0.260 e. The number of carbonyl (C=O) groups excluding carboxylic acids is 1. The molecule has 0 spiro atoms. The van der Waals surface area contributed by atoms with Crippen molar-refractivity contribution < 1.29 is 13.9 Å². The molecule has 9 heteroatoms. The predicted octanol–water partition coefficient (Wildman–Crippen LogP) is 2.89. The van der Waals surface area contributed by atoms with Crippen molar-refractivity contribution in [2.75, 3.05) is 31.5 Å². The first-order chi connectivity index (χ1) is 15.4. The van der Waals surface area contributed by atoms with E-state index < -0.39 is 5.67 Å². The smallest absolute Gasteiger partial charge is 0.260 e. The maximum atomic E-state index is 14.3. The van der Waals surface area contributed by atoms with Gasteiger partial charge in [-0.05, 0) is 57.5 Å². The third-order valence-electron chi connectivity index (χ3n) is 6.81. The number of halogens is 1. The van der Waals surface area contributed by atoms with Gasteiger partial charge in [0.05, 0.1) is 12.7 Å². The molecular weight excluding hydrogens is 411 g/mol. The number of aromatic nitrogens is 3. The van der Waals surface area contributed by atoms with Crippen LogP contribution in [-0.4, -0.2) is 69.4 Å². The molecule has 2 aromatic heterocycles. The number of hydrogen-bond donors (Lipinski definition) is 2. The summed E-state index contributed by atoms with van der Waals surface area (Å²) in [7, 11) is 0. The molecule has 0 unspecified atom stereocenters. The van der Waals surface area contributed by atoms with Gasteiger partial charge in [0.15, 0.2) is 11.3 Å². The highest BCUT2D eigenvalue weighted by molar-refractivity contribution is 5.88. The number of amides is 1. The first kappa shape index (κ1) is 21.4. The molecule has 32 heavy (non-hydrogen) atoms. The lowest BCUT2D eigenvalue weighted by Gasteiger charge is -2.33. The lowest BCUT2D eigenvalue weighted by Crippen LogP contribution is -2.48. The zero-order chi connectivity index (χ0) is 22.3. The number of fused-ring (bicyclic) bond motifs is 1. The highest BCUT2D eigenvalue weighted by atomic mass is 19.1. The van der Waals surface area contributed by atoms with Crippen LogP contribution in [0, 0.1) is 0 Å². The van der Waals surface area contributed by atoms with Gasteiger partial charge in [-0.15, -0.1) is 0 Å². The van der Waals surface area contributed by atoms with E-state index >= 15 is 0 Å². The fraction of sp³-hybridized carbons (Fsp3) is 0.696. The van der Waals surface area contributed by atoms with Gasteiger partial charge >= 0.3 is 0 Å². The summed E-state index contributed by atoms with van der Waals surface area (Å²) in [5.74, 6) is 1.30. The molecule has 2 aromatic rings. The number of nitrogens with zero attached hydrogens (tertiary/aromatic N) is 4. The molecule has 0 bridgehead atoms. The van der Waals surface area contributed by atoms with Crippen molar-refractivity contribution in [2.24, 2.45) is 0 Å². The van der Waals surface area contributed by atoms with Crippen molar-refractivity contribution in [3.63, 3.8) is 0 Å². The Kier molecular flexibility index (Phi) is 5.69. The predicted molar refractivity (Wildman–Crippen MR) is 120 cm³/mol. The van der Waals surface area contributed by atoms with Crippen molar-refractivity contribution in [2.45, 2.75) is 76.1 Å². The molecule has 0 radical (unpaired) electrons. The van der Waals surface area contributed by atoms with E-state index in [0.29, 0.717) is 37.9 Å². The second kappa shape index (κ2) is 8.50. The van der Waals surface area contributed by atoms with Crippen LogP contribution in [0.5, 0.6) is 5.88 Å². The lowest BCUT2D eigenvalue weighted by atomic mass is 10.1. The second-order valence-corrected chi connectivity index (χ2v) is 9.74. The number of nitrogens with one attached hydrogen (secondary N) is 2. The quantitative estimate of drug-likeness (QED) is 0.713. The molecule has 2 saturated heterocycles. The Bertz CT molecular complexity index is 982. The van der Waals surface area contributed by atoms with E-state index in [0.717, 1.165) is 55.8 Å². The number of anilines is 1. The van der Waals surface area contributed by atoms with E-state index in [9.17, 15) is 9.18 Å². The van der Waals surface area contributed by atoms with Crippen LogP contribution in [0.2, 0.25) is 0 Å². The number of likely N-dealkylation sites (tertiary alicyclic amines) is 1. The molecule has 5 rings (SSSR count). The molecule has 2 aliphatic heterocycles. The summed E-state index contributed by atoms with van der Waals surface area (Å²) in [5, 5.41) is 11.6. The van der Waals surface area contributed by atoms with E-state index in [1.807, 2.05) is 16.8 Å². The summed E-state index contributed by atoms with van der Waals surface area (Å²) >= 11 is 0. The normalized spacial score (nSPS) is 23.5. The summed E-state index contributed by atoms with van der Waals surface area (Å²) < 4.78 is 22.5. The number of alkyl halides is 1. The summed E-state index contributed by atoms with van der Waals surface area (Å²) in [6.45, 7) is 7.24. The van der Waals surface area contributed by atoms with Gasteiger partial charge in [0.1, 0.15) is 11.9 Å². The lowest BCUT2D eigenvalue weighted by molar-refractivity contribution is -0.140. The van der Waals surface area contributed by atoms with E-state index in [4.69, 9.17) is 9.72 Å². The van der Waals surface area contributed by atoms with Crippen molar-refractivity contribution in [1.29, 1.82) is 0 Å². The molecule has 4 heterocycles. The Balaban J connectivity index is 1.38. The Hall–Kier alpha value is -2.42. The van der Waals surface area contributed by atoms with E-state index in [1.54, 1.807) is 4.90 Å². The number of hydrogen-bond acceptors (Lipinski definition) is 6. The molecule has 0 aromatic carbocycles. The molecule has 1 aliphatic carbocycles. The number of rotatable bonds is 6. The number of carbonyl (C=O) groups is 1. The van der Waals surface area contributed by atoms with Crippen molar-refractivity contribution in [1.82, 2.24) is 24.8 Å². The summed E-state index contributed by atoms with van der Waals surface area (Å²) in [6, 6.07) is 2.27. The van der Waals surface area contributed by atoms with Crippen LogP contribution < -0.4 is 15.4 Å². The fourth-order valence-electron chi connectivity index (χ4n) is 4.70. The van der Waals surface area contributed by atoms with Crippen LogP contribution in [-0.2, 0) is 4.79 Å². The van der Waals surface area contributed by atoms with Gasteiger partial charge in [0.25, 0.3) is 5.91 Å². The third-order valence-corrected chi connectivity index (χ3v) is 6.81. The third kappa shape index (κ3) is 4.27. The standard InChI is InChI=1S/C23H33FN6O2/c1-15(2)18-13-26-30-19(27-16-5-9-25-10-6-16)12-20(28-21(18)30)32-17-4-3-11-29(14-17)22(31)23(24)7-8-23/h12-13,15-17,25,27H,3-11,14H2,1-2H3/t17-/m1/s1. The molecule has 2 N–H and O–H groups in total. The molecule has 1 atom stereocenters. The van der Waals surface area contributed by atoms with Crippen molar-refractivity contribution in [3.05, 3.63) is 17.8 Å². The van der Waals surface area contributed by atoms with Crippen LogP contribution in [0.3, 0.4) is 0 Å². The van der Waals surface area contributed by atoms with Gasteiger partial charge in [-0.25, -0.2) is 4.39 Å². The number of piperidine rings is 2. The van der Waals surface area contributed by atoms with E-state index in [2.05, 4.69) is 29.6 Å². The number of ether oxygens (including phenoxy) is 1. The average Bonchev–Trinajstić information content (AvgIpc) is 3.38. The average molecular weight is 445 g/mol. The maximum absolute atomic E-state index is 14.3. The SMILES string of the molecule is CC(C)c1cnn2c(NC3CCNCC3)cc(O[C@@H]3CCCN(C(=O)C4(F)CC4)C3)nc12. The van der Waals surface area contributed by atoms with Gasteiger partial charge in [0, 0.05) is 24.2 Å². The molecule has 3 fully saturated rings. The van der Waals surface area contributed by atoms with Crippen molar-refractivity contribution in [3.8, 4) is 5.88 Å². The zero-order valence-electron chi connectivity index (χ0n) is 18.9. The van der Waals surface area contributed by atoms with Crippen LogP contribution >= 0.6 is 0 Å². The summed E-state index contributed by atoms with van der Waals surface area (Å²) in [6.07, 6.45) is 6.09. The first-order valence-electron chi connectivity index (χ1n) is 11.9. The minimum absolute atomic E-state index is 0.192. The van der Waals surface area contributed by atoms with E-state index in [-0.39, 0.29) is 17.9 Å². The highest BCUT2D eigenvalue weighted by Crippen LogP contribution is 2.42. The van der Waals surface area contributed by atoms with Crippen LogP contribution in [0.4, 0.5) is 10.2 Å². The minimum atomic E-state index is -1.63. The molecule has 174 valence electrons. The molecule has 3 aliphatic rings. The first-order valence-corrected chi connectivity index (χ1v) is 11.9. The Morgan fingerprint density at radius 1 is 1.31 bits per heavy atom. The van der Waals surface area contributed by atoms with Gasteiger partial charge < -0.3 is 20.3 Å². The van der Waals surface area contributed by atoms with Crippen LogP contribution in [0.1, 0.15) is 63.9 Å². The zero-order valence-corrected chi connectivity index (χ0v) is 18.9. The van der Waals surface area contributed by atoms with Gasteiger partial charge in [-0.3, -0.25) is 4.79 Å². The van der Waals surface area contributed by atoms with Crippen molar-refractivity contribution >= 4 is 17.4 Å². The van der Waals surface area contributed by atoms with Gasteiger partial charge in [0.2, 0.25) is 5.88 Å². The largest absolute Gasteiger partial charge is 0.472 e. The molecule has 1 saturated carbocycles. The molecule has 8 nitrogen and oxygen atoms in total. The van der Waals surface area contributed by atoms with Gasteiger partial charge in [-0.1, -0.05) is 13.8 Å². The van der Waals surface area contributed by atoms with Crippen LogP contribution in [0.15, 0.2) is 12.3 Å². The Morgan fingerprint density at radius 2 is 2.09 bits per heavy atom. The fourth-order valence-corrected chi connectivity index (χ4v) is 4.70. The monoisotopic (exact) mass is 444 g/mol.